The molecule has 0 aliphatic heterocycles. The summed E-state index contributed by atoms with van der Waals surface area (Å²) < 4.78 is 0. The van der Waals surface area contributed by atoms with Crippen molar-refractivity contribution in [2.45, 2.75) is 19.6 Å². The first kappa shape index (κ1) is 15.6. The molecule has 1 N–H and O–H groups in total. The van der Waals surface area contributed by atoms with E-state index in [0.29, 0.717) is 6.54 Å². The summed E-state index contributed by atoms with van der Waals surface area (Å²) in [7, 11) is 0. The first-order valence-corrected chi connectivity index (χ1v) is 8.29. The van der Waals surface area contributed by atoms with Gasteiger partial charge in [-0.05, 0) is 31.0 Å². The minimum Gasteiger partial charge on any atom is -0.351 e. The average molecular weight is 299 g/mol. The Bertz CT molecular complexity index is 592. The second-order valence-corrected chi connectivity index (χ2v) is 6.21. The van der Waals surface area contributed by atoms with Crippen LogP contribution in [-0.2, 0) is 5.75 Å². The summed E-state index contributed by atoms with van der Waals surface area (Å²) in [4.78, 5) is 12.0. The second-order valence-electron chi connectivity index (χ2n) is 5.11. The summed E-state index contributed by atoms with van der Waals surface area (Å²) >= 11 is 1.84. The van der Waals surface area contributed by atoms with Gasteiger partial charge in [0.1, 0.15) is 0 Å². The highest BCUT2D eigenvalue weighted by atomic mass is 32.2. The van der Waals surface area contributed by atoms with Gasteiger partial charge < -0.3 is 5.32 Å². The van der Waals surface area contributed by atoms with Gasteiger partial charge in [-0.3, -0.25) is 4.79 Å². The Morgan fingerprint density at radius 3 is 2.48 bits per heavy atom. The molecule has 0 unspecified atom stereocenters. The molecule has 0 spiro atoms. The third kappa shape index (κ3) is 4.94. The SMILES string of the molecule is Cc1ccc(CSCCNC(=O)c2ccccc2C)cc1. The van der Waals surface area contributed by atoms with Crippen molar-refractivity contribution >= 4 is 17.7 Å². The Morgan fingerprint density at radius 1 is 1.05 bits per heavy atom. The van der Waals surface area contributed by atoms with Gasteiger partial charge in [-0.25, -0.2) is 0 Å². The van der Waals surface area contributed by atoms with Crippen molar-refractivity contribution in [1.82, 2.24) is 5.32 Å². The van der Waals surface area contributed by atoms with Crippen LogP contribution in [0.3, 0.4) is 0 Å². The van der Waals surface area contributed by atoms with Crippen molar-refractivity contribution in [2.24, 2.45) is 0 Å². The molecule has 21 heavy (non-hydrogen) atoms. The predicted molar refractivity (Wildman–Crippen MR) is 90.9 cm³/mol. The second kappa shape index (κ2) is 7.89. The number of carbonyl (C=O) groups excluding carboxylic acids is 1. The van der Waals surface area contributed by atoms with Gasteiger partial charge in [0.15, 0.2) is 0 Å². The highest BCUT2D eigenvalue weighted by molar-refractivity contribution is 7.98. The summed E-state index contributed by atoms with van der Waals surface area (Å²) in [6.07, 6.45) is 0. The van der Waals surface area contributed by atoms with Crippen LogP contribution in [0.2, 0.25) is 0 Å². The molecule has 0 bridgehead atoms. The van der Waals surface area contributed by atoms with Crippen LogP contribution in [0.15, 0.2) is 48.5 Å². The molecule has 2 aromatic carbocycles. The number of hydrogen-bond acceptors (Lipinski definition) is 2. The van der Waals surface area contributed by atoms with Crippen LogP contribution < -0.4 is 5.32 Å². The molecule has 0 saturated carbocycles. The van der Waals surface area contributed by atoms with Gasteiger partial charge in [0, 0.05) is 23.6 Å². The molecule has 1 amide bonds. The van der Waals surface area contributed by atoms with Gasteiger partial charge in [-0.15, -0.1) is 0 Å². The lowest BCUT2D eigenvalue weighted by atomic mass is 10.1. The lowest BCUT2D eigenvalue weighted by Gasteiger charge is -2.07. The van der Waals surface area contributed by atoms with Gasteiger partial charge in [0.2, 0.25) is 0 Å². The fourth-order valence-corrected chi connectivity index (χ4v) is 2.85. The molecule has 0 atom stereocenters. The Balaban J connectivity index is 1.69. The fraction of sp³-hybridized carbons (Fsp3) is 0.278. The molecule has 0 radical (unpaired) electrons. The van der Waals surface area contributed by atoms with E-state index in [1.54, 1.807) is 0 Å². The average Bonchev–Trinajstić information content (AvgIpc) is 2.49. The minimum atomic E-state index is 0.0176. The van der Waals surface area contributed by atoms with E-state index < -0.39 is 0 Å². The zero-order chi connectivity index (χ0) is 15.1. The summed E-state index contributed by atoms with van der Waals surface area (Å²) in [5.74, 6) is 1.93. The largest absolute Gasteiger partial charge is 0.351 e. The van der Waals surface area contributed by atoms with Crippen LogP contribution in [0.25, 0.3) is 0 Å². The van der Waals surface area contributed by atoms with Crippen LogP contribution in [0.4, 0.5) is 0 Å². The molecule has 3 heteroatoms. The van der Waals surface area contributed by atoms with Gasteiger partial charge in [0.25, 0.3) is 5.91 Å². The first-order chi connectivity index (χ1) is 10.2. The highest BCUT2D eigenvalue weighted by Gasteiger charge is 2.06. The molecule has 2 nitrogen and oxygen atoms in total. The maximum Gasteiger partial charge on any atom is 0.251 e. The number of amides is 1. The van der Waals surface area contributed by atoms with E-state index in [1.807, 2.05) is 43.0 Å². The Kier molecular flexibility index (Phi) is 5.88. The van der Waals surface area contributed by atoms with E-state index in [2.05, 4.69) is 36.5 Å². The molecular formula is C18H21NOS. The molecular weight excluding hydrogens is 278 g/mol. The van der Waals surface area contributed by atoms with E-state index in [-0.39, 0.29) is 5.91 Å². The number of carbonyl (C=O) groups is 1. The van der Waals surface area contributed by atoms with Gasteiger partial charge in [-0.1, -0.05) is 48.0 Å². The quantitative estimate of drug-likeness (QED) is 0.818. The van der Waals surface area contributed by atoms with Crippen LogP contribution >= 0.6 is 11.8 Å². The normalized spacial score (nSPS) is 10.4. The maximum absolute atomic E-state index is 12.0. The summed E-state index contributed by atoms with van der Waals surface area (Å²) in [6.45, 7) is 4.75. The van der Waals surface area contributed by atoms with Crippen molar-refractivity contribution in [3.63, 3.8) is 0 Å². The predicted octanol–water partition coefficient (Wildman–Crippen LogP) is 3.97. The van der Waals surface area contributed by atoms with E-state index in [1.165, 1.54) is 11.1 Å². The van der Waals surface area contributed by atoms with Crippen molar-refractivity contribution in [3.8, 4) is 0 Å². The third-order valence-corrected chi connectivity index (χ3v) is 4.34. The number of hydrogen-bond donors (Lipinski definition) is 1. The molecule has 0 aliphatic carbocycles. The van der Waals surface area contributed by atoms with Crippen molar-refractivity contribution in [3.05, 3.63) is 70.8 Å². The zero-order valence-electron chi connectivity index (χ0n) is 12.6. The lowest BCUT2D eigenvalue weighted by Crippen LogP contribution is -2.26. The highest BCUT2D eigenvalue weighted by Crippen LogP contribution is 2.12. The molecule has 0 heterocycles. The summed E-state index contributed by atoms with van der Waals surface area (Å²) in [6, 6.07) is 16.3. The smallest absolute Gasteiger partial charge is 0.251 e. The Labute approximate surface area is 131 Å². The Hall–Kier alpha value is -1.74. The minimum absolute atomic E-state index is 0.0176. The molecule has 0 fully saturated rings. The monoisotopic (exact) mass is 299 g/mol. The number of nitrogens with one attached hydrogen (secondary N) is 1. The zero-order valence-corrected chi connectivity index (χ0v) is 13.4. The van der Waals surface area contributed by atoms with Crippen LogP contribution in [0, 0.1) is 13.8 Å². The lowest BCUT2D eigenvalue weighted by molar-refractivity contribution is 0.0955. The summed E-state index contributed by atoms with van der Waals surface area (Å²) in [5.41, 5.74) is 4.40. The fourth-order valence-electron chi connectivity index (χ4n) is 2.03. The number of thioether (sulfide) groups is 1. The summed E-state index contributed by atoms with van der Waals surface area (Å²) in [5, 5.41) is 2.98. The van der Waals surface area contributed by atoms with Crippen LogP contribution in [-0.4, -0.2) is 18.2 Å². The molecule has 2 aromatic rings. The third-order valence-electron chi connectivity index (χ3n) is 3.31. The first-order valence-electron chi connectivity index (χ1n) is 7.14. The topological polar surface area (TPSA) is 29.1 Å². The van der Waals surface area contributed by atoms with E-state index in [9.17, 15) is 4.79 Å². The van der Waals surface area contributed by atoms with Gasteiger partial charge in [0.05, 0.1) is 0 Å². The van der Waals surface area contributed by atoms with Crippen molar-refractivity contribution < 1.29 is 4.79 Å². The van der Waals surface area contributed by atoms with E-state index >= 15 is 0 Å². The van der Waals surface area contributed by atoms with Gasteiger partial charge >= 0.3 is 0 Å². The Morgan fingerprint density at radius 2 is 1.76 bits per heavy atom. The molecule has 0 saturated heterocycles. The molecule has 2 rings (SSSR count). The van der Waals surface area contributed by atoms with Crippen molar-refractivity contribution in [1.29, 1.82) is 0 Å². The van der Waals surface area contributed by atoms with Gasteiger partial charge in [-0.2, -0.15) is 11.8 Å². The molecule has 0 aromatic heterocycles. The molecule has 110 valence electrons. The standard InChI is InChI=1S/C18H21NOS/c1-14-7-9-16(10-8-14)13-21-12-11-19-18(20)17-6-4-3-5-15(17)2/h3-10H,11-13H2,1-2H3,(H,19,20). The number of rotatable bonds is 6. The van der Waals surface area contributed by atoms with Crippen LogP contribution in [0.5, 0.6) is 0 Å². The van der Waals surface area contributed by atoms with E-state index in [4.69, 9.17) is 0 Å². The molecule has 0 aliphatic rings. The number of aryl methyl sites for hydroxylation is 2. The van der Waals surface area contributed by atoms with Crippen molar-refractivity contribution in [2.75, 3.05) is 12.3 Å². The maximum atomic E-state index is 12.0. The van der Waals surface area contributed by atoms with E-state index in [0.717, 1.165) is 22.6 Å². The number of benzene rings is 2. The van der Waals surface area contributed by atoms with Crippen LogP contribution in [0.1, 0.15) is 27.0 Å².